The van der Waals surface area contributed by atoms with Crippen LogP contribution in [0, 0.1) is 17.2 Å². The molecule has 3 rings (SSSR count). The summed E-state index contributed by atoms with van der Waals surface area (Å²) in [6.45, 7) is 2.12. The van der Waals surface area contributed by atoms with Gasteiger partial charge in [-0.15, -0.1) is 0 Å². The van der Waals surface area contributed by atoms with Gasteiger partial charge in [0.2, 0.25) is 0 Å². The highest BCUT2D eigenvalue weighted by Crippen LogP contribution is 2.24. The topological polar surface area (TPSA) is 95.9 Å². The van der Waals surface area contributed by atoms with E-state index >= 15 is 0 Å². The Kier molecular flexibility index (Phi) is 4.57. The van der Waals surface area contributed by atoms with Gasteiger partial charge >= 0.3 is 5.69 Å². The molecule has 0 spiro atoms. The summed E-state index contributed by atoms with van der Waals surface area (Å²) in [5.41, 5.74) is -0.951. The number of hydrogen-bond donors (Lipinski definition) is 1. The number of nitrogens with one attached hydrogen (secondary N) is 1. The zero-order chi connectivity index (χ0) is 18.0. The minimum absolute atomic E-state index is 0.0166. The molecule has 2 aromatic rings. The molecule has 3 heterocycles. The Labute approximate surface area is 145 Å². The van der Waals surface area contributed by atoms with Gasteiger partial charge in [0.05, 0.1) is 0 Å². The van der Waals surface area contributed by atoms with Crippen LogP contribution in [0.5, 0.6) is 0 Å². The molecule has 0 bridgehead atoms. The van der Waals surface area contributed by atoms with Gasteiger partial charge in [-0.25, -0.2) is 9.78 Å². The predicted octanol–water partition coefficient (Wildman–Crippen LogP) is 0.289. The first-order valence-electron chi connectivity index (χ1n) is 8.13. The van der Waals surface area contributed by atoms with E-state index in [4.69, 9.17) is 0 Å². The first-order valence-corrected chi connectivity index (χ1v) is 8.13. The zero-order valence-corrected chi connectivity index (χ0v) is 14.3. The summed E-state index contributed by atoms with van der Waals surface area (Å²) in [4.78, 5) is 30.6. The molecule has 8 heteroatoms. The smallest absolute Gasteiger partial charge is 0.332 e. The maximum absolute atomic E-state index is 12.2. The highest BCUT2D eigenvalue weighted by Gasteiger charge is 2.28. The molecule has 1 saturated heterocycles. The van der Waals surface area contributed by atoms with E-state index in [1.165, 1.54) is 11.6 Å². The van der Waals surface area contributed by atoms with Crippen molar-refractivity contribution in [2.24, 2.45) is 20.0 Å². The summed E-state index contributed by atoms with van der Waals surface area (Å²) < 4.78 is 2.35. The third kappa shape index (κ3) is 3.13. The SMILES string of the molecule is Cn1c(N2CC[C@H](CNc3ccccn3)C2)c(C#N)c(=O)n(C)c1=O. The quantitative estimate of drug-likeness (QED) is 0.859. The normalized spacial score (nSPS) is 16.7. The van der Waals surface area contributed by atoms with Crippen molar-refractivity contribution < 1.29 is 0 Å². The van der Waals surface area contributed by atoms with E-state index in [1.807, 2.05) is 29.2 Å². The first kappa shape index (κ1) is 16.8. The van der Waals surface area contributed by atoms with Crippen LogP contribution < -0.4 is 21.5 Å². The molecule has 0 radical (unpaired) electrons. The number of hydrogen-bond acceptors (Lipinski definition) is 6. The Bertz CT molecular complexity index is 925. The fraction of sp³-hybridized carbons (Fsp3) is 0.412. The maximum Gasteiger partial charge on any atom is 0.332 e. The van der Waals surface area contributed by atoms with Gasteiger partial charge in [0.25, 0.3) is 5.56 Å². The summed E-state index contributed by atoms with van der Waals surface area (Å²) in [5, 5.41) is 12.7. The number of rotatable bonds is 4. The molecule has 1 N–H and O–H groups in total. The first-order chi connectivity index (χ1) is 12.0. The molecule has 0 aliphatic carbocycles. The van der Waals surface area contributed by atoms with Gasteiger partial charge in [-0.1, -0.05) is 6.07 Å². The van der Waals surface area contributed by atoms with E-state index in [0.717, 1.165) is 23.4 Å². The Morgan fingerprint density at radius 3 is 2.80 bits per heavy atom. The summed E-state index contributed by atoms with van der Waals surface area (Å²) in [7, 11) is 2.98. The average molecular weight is 340 g/mol. The third-order valence-electron chi connectivity index (χ3n) is 4.57. The molecule has 1 aliphatic rings. The fourth-order valence-electron chi connectivity index (χ4n) is 3.21. The summed E-state index contributed by atoms with van der Waals surface area (Å²) >= 11 is 0. The van der Waals surface area contributed by atoms with E-state index in [-0.39, 0.29) is 5.56 Å². The minimum atomic E-state index is -0.546. The van der Waals surface area contributed by atoms with Crippen LogP contribution in [0.15, 0.2) is 34.0 Å². The van der Waals surface area contributed by atoms with E-state index in [1.54, 1.807) is 13.2 Å². The zero-order valence-electron chi connectivity index (χ0n) is 14.3. The van der Waals surface area contributed by atoms with Crippen LogP contribution in [0.4, 0.5) is 11.6 Å². The molecule has 0 amide bonds. The van der Waals surface area contributed by atoms with Gasteiger partial charge in [-0.3, -0.25) is 13.9 Å². The number of nitrogens with zero attached hydrogens (tertiary/aromatic N) is 5. The molecule has 25 heavy (non-hydrogen) atoms. The molecule has 1 atom stereocenters. The van der Waals surface area contributed by atoms with Crippen molar-refractivity contribution in [2.75, 3.05) is 29.9 Å². The summed E-state index contributed by atoms with van der Waals surface area (Å²) in [5.74, 6) is 1.57. The summed E-state index contributed by atoms with van der Waals surface area (Å²) in [6.07, 6.45) is 2.64. The highest BCUT2D eigenvalue weighted by molar-refractivity contribution is 5.54. The molecule has 0 aromatic carbocycles. The lowest BCUT2D eigenvalue weighted by atomic mass is 10.1. The maximum atomic E-state index is 12.2. The Balaban J connectivity index is 1.80. The lowest BCUT2D eigenvalue weighted by molar-refractivity contribution is 0.616. The number of nitriles is 1. The van der Waals surface area contributed by atoms with Crippen molar-refractivity contribution in [3.05, 3.63) is 50.8 Å². The molecule has 1 fully saturated rings. The second-order valence-corrected chi connectivity index (χ2v) is 6.21. The second kappa shape index (κ2) is 6.81. The van der Waals surface area contributed by atoms with Gasteiger partial charge in [-0.2, -0.15) is 5.26 Å². The molecular formula is C17H20N6O2. The Morgan fingerprint density at radius 1 is 1.32 bits per heavy atom. The monoisotopic (exact) mass is 340 g/mol. The van der Waals surface area contributed by atoms with Gasteiger partial charge in [-0.05, 0) is 24.5 Å². The lowest BCUT2D eigenvalue weighted by Crippen LogP contribution is -2.42. The van der Waals surface area contributed by atoms with Crippen molar-refractivity contribution in [3.8, 4) is 6.07 Å². The van der Waals surface area contributed by atoms with Crippen LogP contribution in [-0.4, -0.2) is 33.8 Å². The largest absolute Gasteiger partial charge is 0.370 e. The van der Waals surface area contributed by atoms with Crippen molar-refractivity contribution >= 4 is 11.6 Å². The standard InChI is InChI=1S/C17H20N6O2/c1-21-15(13(9-18)16(24)22(2)17(21)25)23-8-6-12(11-23)10-20-14-5-3-4-7-19-14/h3-5,7,12H,6,8,10-11H2,1-2H3,(H,19,20)/t12-/m1/s1. The van der Waals surface area contributed by atoms with Crippen molar-refractivity contribution in [2.45, 2.75) is 6.42 Å². The Morgan fingerprint density at radius 2 is 2.12 bits per heavy atom. The molecule has 0 unspecified atom stereocenters. The van der Waals surface area contributed by atoms with Crippen LogP contribution in [0.3, 0.4) is 0 Å². The average Bonchev–Trinajstić information content (AvgIpc) is 3.10. The third-order valence-corrected chi connectivity index (χ3v) is 4.57. The molecule has 2 aromatic heterocycles. The summed E-state index contributed by atoms with van der Waals surface area (Å²) in [6, 6.07) is 7.65. The van der Waals surface area contributed by atoms with Gasteiger partial charge in [0, 0.05) is 39.9 Å². The minimum Gasteiger partial charge on any atom is -0.370 e. The molecular weight excluding hydrogens is 320 g/mol. The fourth-order valence-corrected chi connectivity index (χ4v) is 3.21. The van der Waals surface area contributed by atoms with E-state index < -0.39 is 11.2 Å². The van der Waals surface area contributed by atoms with Crippen LogP contribution in [0.1, 0.15) is 12.0 Å². The molecule has 130 valence electrons. The predicted molar refractivity (Wildman–Crippen MR) is 94.7 cm³/mol. The van der Waals surface area contributed by atoms with Gasteiger partial charge in [0.1, 0.15) is 17.7 Å². The van der Waals surface area contributed by atoms with Crippen LogP contribution in [-0.2, 0) is 14.1 Å². The van der Waals surface area contributed by atoms with Crippen molar-refractivity contribution in [3.63, 3.8) is 0 Å². The number of anilines is 2. The number of aromatic nitrogens is 3. The van der Waals surface area contributed by atoms with E-state index in [0.29, 0.717) is 24.8 Å². The van der Waals surface area contributed by atoms with Crippen LogP contribution in [0.2, 0.25) is 0 Å². The van der Waals surface area contributed by atoms with Crippen LogP contribution >= 0.6 is 0 Å². The van der Waals surface area contributed by atoms with Gasteiger partial charge < -0.3 is 10.2 Å². The molecule has 0 saturated carbocycles. The Hall–Kier alpha value is -3.08. The van der Waals surface area contributed by atoms with E-state index in [9.17, 15) is 14.9 Å². The van der Waals surface area contributed by atoms with Gasteiger partial charge in [0.15, 0.2) is 5.56 Å². The van der Waals surface area contributed by atoms with E-state index in [2.05, 4.69) is 10.3 Å². The van der Waals surface area contributed by atoms with Crippen molar-refractivity contribution in [1.29, 1.82) is 5.26 Å². The van der Waals surface area contributed by atoms with Crippen molar-refractivity contribution in [1.82, 2.24) is 14.1 Å². The molecule has 1 aliphatic heterocycles. The highest BCUT2D eigenvalue weighted by atomic mass is 16.2. The van der Waals surface area contributed by atoms with Crippen LogP contribution in [0.25, 0.3) is 0 Å². The molecule has 8 nitrogen and oxygen atoms in total. The lowest BCUT2D eigenvalue weighted by Gasteiger charge is -2.23. The second-order valence-electron chi connectivity index (χ2n) is 6.21. The number of pyridine rings is 1.